The van der Waals surface area contributed by atoms with E-state index in [4.69, 9.17) is 0 Å². The lowest BCUT2D eigenvalue weighted by Crippen LogP contribution is -2.39. The lowest BCUT2D eigenvalue weighted by atomic mass is 9.90. The molecule has 0 saturated carbocycles. The fraction of sp³-hybridized carbons (Fsp3) is 0.571. The molecule has 0 saturated heterocycles. The average molecular weight is 275 g/mol. The van der Waals surface area contributed by atoms with Crippen LogP contribution in [0, 0.1) is 6.92 Å². The zero-order valence-electron chi connectivity index (χ0n) is 11.6. The van der Waals surface area contributed by atoms with E-state index in [-0.39, 0.29) is 12.6 Å². The molecule has 108 valence electrons. The van der Waals surface area contributed by atoms with Crippen molar-refractivity contribution in [1.29, 1.82) is 0 Å². The molecule has 0 heterocycles. The van der Waals surface area contributed by atoms with Gasteiger partial charge in [-0.25, -0.2) is 0 Å². The Morgan fingerprint density at radius 1 is 1.26 bits per heavy atom. The normalized spacial score (nSPS) is 15.6. The average Bonchev–Trinajstić information content (AvgIpc) is 2.25. The largest absolute Gasteiger partial charge is 0.416 e. The summed E-state index contributed by atoms with van der Waals surface area (Å²) in [5.74, 6) is 0. The molecular formula is C14H20F3NO. The Morgan fingerprint density at radius 3 is 2.26 bits per heavy atom. The Morgan fingerprint density at radius 2 is 1.84 bits per heavy atom. The maximum absolute atomic E-state index is 12.6. The molecule has 0 radical (unpaired) electrons. The van der Waals surface area contributed by atoms with Crippen molar-refractivity contribution in [2.45, 2.75) is 45.5 Å². The van der Waals surface area contributed by atoms with E-state index in [9.17, 15) is 18.3 Å². The summed E-state index contributed by atoms with van der Waals surface area (Å²) in [4.78, 5) is 0. The van der Waals surface area contributed by atoms with Crippen LogP contribution in [0.5, 0.6) is 0 Å². The molecule has 0 aliphatic carbocycles. The lowest BCUT2D eigenvalue weighted by Gasteiger charge is -2.27. The third-order valence-electron chi connectivity index (χ3n) is 2.99. The highest BCUT2D eigenvalue weighted by atomic mass is 19.4. The molecule has 0 aliphatic rings. The van der Waals surface area contributed by atoms with Crippen LogP contribution < -0.4 is 5.32 Å². The molecule has 19 heavy (non-hydrogen) atoms. The summed E-state index contributed by atoms with van der Waals surface area (Å²) in [6.07, 6.45) is -4.36. The van der Waals surface area contributed by atoms with Gasteiger partial charge in [0, 0.05) is 12.6 Å². The second kappa shape index (κ2) is 5.51. The molecule has 1 aromatic carbocycles. The Labute approximate surface area is 111 Å². The van der Waals surface area contributed by atoms with Crippen LogP contribution in [0.1, 0.15) is 37.5 Å². The topological polar surface area (TPSA) is 32.3 Å². The maximum atomic E-state index is 12.6. The van der Waals surface area contributed by atoms with Gasteiger partial charge in [0.1, 0.15) is 0 Å². The van der Waals surface area contributed by atoms with Crippen LogP contribution in [0.2, 0.25) is 0 Å². The van der Waals surface area contributed by atoms with Crippen molar-refractivity contribution in [3.05, 3.63) is 34.9 Å². The third-order valence-corrected chi connectivity index (χ3v) is 2.99. The van der Waals surface area contributed by atoms with E-state index >= 15 is 0 Å². The quantitative estimate of drug-likeness (QED) is 0.884. The van der Waals surface area contributed by atoms with E-state index in [1.165, 1.54) is 6.07 Å². The molecular weight excluding hydrogens is 255 g/mol. The Bertz CT molecular complexity index is 439. The van der Waals surface area contributed by atoms with E-state index < -0.39 is 17.3 Å². The predicted molar refractivity (Wildman–Crippen MR) is 68.9 cm³/mol. The summed E-state index contributed by atoms with van der Waals surface area (Å²) < 4.78 is 37.7. The van der Waals surface area contributed by atoms with Crippen molar-refractivity contribution in [2.75, 3.05) is 6.54 Å². The summed E-state index contributed by atoms with van der Waals surface area (Å²) in [5, 5.41) is 13.4. The molecule has 0 aliphatic heterocycles. The highest BCUT2D eigenvalue weighted by molar-refractivity contribution is 5.36. The van der Waals surface area contributed by atoms with Crippen LogP contribution in [-0.2, 0) is 11.8 Å². The number of hydrogen-bond donors (Lipinski definition) is 2. The smallest absolute Gasteiger partial charge is 0.384 e. The molecule has 0 amide bonds. The number of aryl methyl sites for hydroxylation is 1. The van der Waals surface area contributed by atoms with Crippen LogP contribution in [0.15, 0.2) is 18.2 Å². The first kappa shape index (κ1) is 16.0. The van der Waals surface area contributed by atoms with E-state index in [1.54, 1.807) is 13.8 Å². The molecule has 5 heteroatoms. The van der Waals surface area contributed by atoms with Crippen molar-refractivity contribution >= 4 is 0 Å². The first-order valence-electron chi connectivity index (χ1n) is 6.18. The molecule has 0 spiro atoms. The first-order valence-corrected chi connectivity index (χ1v) is 6.18. The van der Waals surface area contributed by atoms with Gasteiger partial charge >= 0.3 is 6.18 Å². The van der Waals surface area contributed by atoms with Crippen molar-refractivity contribution in [3.8, 4) is 0 Å². The number of alkyl halides is 3. The van der Waals surface area contributed by atoms with Gasteiger partial charge in [0.25, 0.3) is 0 Å². The van der Waals surface area contributed by atoms with Gasteiger partial charge in [-0.15, -0.1) is 0 Å². The van der Waals surface area contributed by atoms with Gasteiger partial charge in [0.15, 0.2) is 0 Å². The second-order valence-electron chi connectivity index (χ2n) is 5.34. The molecule has 0 aromatic heterocycles. The lowest BCUT2D eigenvalue weighted by molar-refractivity contribution is -0.137. The summed E-state index contributed by atoms with van der Waals surface area (Å²) in [6, 6.07) is 3.62. The van der Waals surface area contributed by atoms with Crippen molar-refractivity contribution in [3.63, 3.8) is 0 Å². The van der Waals surface area contributed by atoms with Crippen LogP contribution in [0.3, 0.4) is 0 Å². The molecule has 1 unspecified atom stereocenters. The van der Waals surface area contributed by atoms with Crippen molar-refractivity contribution < 1.29 is 18.3 Å². The molecule has 0 fully saturated rings. The number of aliphatic hydroxyl groups is 1. The number of benzene rings is 1. The zero-order valence-corrected chi connectivity index (χ0v) is 11.6. The van der Waals surface area contributed by atoms with E-state index in [2.05, 4.69) is 5.32 Å². The summed E-state index contributed by atoms with van der Waals surface area (Å²) in [5.41, 5.74) is -0.946. The summed E-state index contributed by atoms with van der Waals surface area (Å²) in [7, 11) is 0. The Kier molecular flexibility index (Phi) is 4.63. The highest BCUT2D eigenvalue weighted by Crippen LogP contribution is 2.32. The molecule has 1 rings (SSSR count). The second-order valence-corrected chi connectivity index (χ2v) is 5.34. The van der Waals surface area contributed by atoms with Crippen molar-refractivity contribution in [2.24, 2.45) is 0 Å². The van der Waals surface area contributed by atoms with Crippen LogP contribution in [0.4, 0.5) is 13.2 Å². The van der Waals surface area contributed by atoms with Crippen LogP contribution in [-0.4, -0.2) is 17.7 Å². The third kappa shape index (κ3) is 4.21. The predicted octanol–water partition coefficient (Wildman–Crippen LogP) is 3.22. The fourth-order valence-electron chi connectivity index (χ4n) is 1.94. The number of nitrogens with one attached hydrogen (secondary N) is 1. The molecule has 2 N–H and O–H groups in total. The van der Waals surface area contributed by atoms with Gasteiger partial charge in [0.2, 0.25) is 0 Å². The molecule has 1 atom stereocenters. The van der Waals surface area contributed by atoms with Gasteiger partial charge in [-0.05, 0) is 37.1 Å². The fourth-order valence-corrected chi connectivity index (χ4v) is 1.94. The first-order chi connectivity index (χ1) is 8.54. The number of hydrogen-bond acceptors (Lipinski definition) is 2. The minimum Gasteiger partial charge on any atom is -0.384 e. The molecule has 1 aromatic rings. The van der Waals surface area contributed by atoms with Gasteiger partial charge < -0.3 is 10.4 Å². The van der Waals surface area contributed by atoms with Crippen LogP contribution in [0.25, 0.3) is 0 Å². The highest BCUT2D eigenvalue weighted by Gasteiger charge is 2.32. The SMILES string of the molecule is Cc1cc(C(F)(F)F)ccc1C(C)(O)CNC(C)C. The minimum absolute atomic E-state index is 0.196. The standard InChI is InChI=1S/C14H20F3NO/c1-9(2)18-8-13(4,19)12-6-5-11(7-10(12)3)14(15,16)17/h5-7,9,18-19H,8H2,1-4H3. The van der Waals surface area contributed by atoms with Crippen molar-refractivity contribution in [1.82, 2.24) is 5.32 Å². The number of rotatable bonds is 4. The van der Waals surface area contributed by atoms with E-state index in [0.717, 1.165) is 12.1 Å². The monoisotopic (exact) mass is 275 g/mol. The molecule has 2 nitrogen and oxygen atoms in total. The molecule has 0 bridgehead atoms. The summed E-state index contributed by atoms with van der Waals surface area (Å²) in [6.45, 7) is 7.34. The van der Waals surface area contributed by atoms with E-state index in [0.29, 0.717) is 11.1 Å². The zero-order chi connectivity index (χ0) is 14.8. The Balaban J connectivity index is 3.02. The Hall–Kier alpha value is -1.07. The summed E-state index contributed by atoms with van der Waals surface area (Å²) >= 11 is 0. The van der Waals surface area contributed by atoms with E-state index in [1.807, 2.05) is 13.8 Å². The minimum atomic E-state index is -4.36. The van der Waals surface area contributed by atoms with Crippen LogP contribution >= 0.6 is 0 Å². The van der Waals surface area contributed by atoms with Gasteiger partial charge in [-0.1, -0.05) is 19.9 Å². The number of halogens is 3. The van der Waals surface area contributed by atoms with Gasteiger partial charge in [-0.3, -0.25) is 0 Å². The maximum Gasteiger partial charge on any atom is 0.416 e. The van der Waals surface area contributed by atoms with Gasteiger partial charge in [-0.2, -0.15) is 13.2 Å². The van der Waals surface area contributed by atoms with Gasteiger partial charge in [0.05, 0.1) is 11.2 Å².